The number of nitrogens with zero attached hydrogens (tertiary/aromatic N) is 1. The lowest BCUT2D eigenvalue weighted by molar-refractivity contribution is -0.147. The molecule has 6 nitrogen and oxygen atoms in total. The Hall–Kier alpha value is -0.210. The topological polar surface area (TPSA) is 65.1 Å². The van der Waals surface area contributed by atoms with Crippen molar-refractivity contribution in [2.45, 2.75) is 44.3 Å². The molecule has 0 aromatic rings. The molecule has 0 aromatic heterocycles. The van der Waals surface area contributed by atoms with Crippen LogP contribution in [-0.4, -0.2) is 63.3 Å². The van der Waals surface area contributed by atoms with Gasteiger partial charge in [0, 0.05) is 13.7 Å². The van der Waals surface area contributed by atoms with Crippen molar-refractivity contribution < 1.29 is 22.6 Å². The average molecular weight is 279 g/mol. The van der Waals surface area contributed by atoms with Crippen LogP contribution in [-0.2, 0) is 24.2 Å². The van der Waals surface area contributed by atoms with Crippen LogP contribution in [0.15, 0.2) is 0 Å². The van der Waals surface area contributed by atoms with Crippen LogP contribution in [0.2, 0.25) is 0 Å². The number of ether oxygens (including phenoxy) is 3. The molecule has 2 heterocycles. The molecule has 0 bridgehead atoms. The van der Waals surface area contributed by atoms with Gasteiger partial charge in [-0.1, -0.05) is 0 Å². The molecule has 0 amide bonds. The first kappa shape index (κ1) is 14.2. The molecule has 2 aliphatic rings. The van der Waals surface area contributed by atoms with Gasteiger partial charge in [0.05, 0.1) is 25.0 Å². The quantitative estimate of drug-likeness (QED) is 0.738. The third-order valence-electron chi connectivity index (χ3n) is 3.49. The lowest BCUT2D eigenvalue weighted by Crippen LogP contribution is -2.48. The zero-order valence-electron chi connectivity index (χ0n) is 11.3. The zero-order valence-corrected chi connectivity index (χ0v) is 12.1. The summed E-state index contributed by atoms with van der Waals surface area (Å²) in [4.78, 5) is 0. The third kappa shape index (κ3) is 2.70. The van der Waals surface area contributed by atoms with E-state index in [1.54, 1.807) is 7.11 Å². The van der Waals surface area contributed by atoms with Crippen LogP contribution in [0.25, 0.3) is 0 Å². The van der Waals surface area contributed by atoms with Crippen LogP contribution in [0.3, 0.4) is 0 Å². The van der Waals surface area contributed by atoms with Crippen LogP contribution in [0.1, 0.15) is 20.3 Å². The lowest BCUT2D eigenvalue weighted by Gasteiger charge is -2.30. The van der Waals surface area contributed by atoms with Crippen molar-refractivity contribution in [2.24, 2.45) is 0 Å². The van der Waals surface area contributed by atoms with E-state index in [1.165, 1.54) is 10.6 Å². The van der Waals surface area contributed by atoms with E-state index in [9.17, 15) is 8.42 Å². The van der Waals surface area contributed by atoms with E-state index in [4.69, 9.17) is 14.2 Å². The van der Waals surface area contributed by atoms with Crippen molar-refractivity contribution in [2.75, 3.05) is 26.5 Å². The number of hydrogen-bond donors (Lipinski definition) is 0. The molecule has 2 rings (SSSR count). The maximum absolute atomic E-state index is 11.8. The lowest BCUT2D eigenvalue weighted by atomic mass is 10.1. The Morgan fingerprint density at radius 3 is 2.50 bits per heavy atom. The minimum Gasteiger partial charge on any atom is -0.380 e. The highest BCUT2D eigenvalue weighted by molar-refractivity contribution is 7.88. The van der Waals surface area contributed by atoms with Crippen molar-refractivity contribution in [3.05, 3.63) is 0 Å². The predicted molar refractivity (Wildman–Crippen MR) is 65.7 cm³/mol. The molecule has 7 heteroatoms. The number of sulfonamides is 1. The van der Waals surface area contributed by atoms with E-state index in [0.717, 1.165) is 0 Å². The van der Waals surface area contributed by atoms with Gasteiger partial charge in [-0.05, 0) is 20.3 Å². The minimum atomic E-state index is -3.25. The first-order valence-electron chi connectivity index (χ1n) is 6.06. The minimum absolute atomic E-state index is 0.137. The summed E-state index contributed by atoms with van der Waals surface area (Å²) in [6.45, 7) is 4.52. The summed E-state index contributed by atoms with van der Waals surface area (Å²) in [5.74, 6) is -0.658. The van der Waals surface area contributed by atoms with Gasteiger partial charge in [-0.3, -0.25) is 0 Å². The highest BCUT2D eigenvalue weighted by atomic mass is 32.2. The standard InChI is InChI=1S/C11H21NO5S/c1-11(2)16-7-9(17-11)10-8(15-3)5-6-12(10)18(4,13)14/h8-10H,5-7H2,1-4H3/t8-,9+,10-/m0/s1. The maximum atomic E-state index is 11.8. The van der Waals surface area contributed by atoms with E-state index >= 15 is 0 Å². The smallest absolute Gasteiger partial charge is 0.211 e. The van der Waals surface area contributed by atoms with Crippen molar-refractivity contribution in [3.63, 3.8) is 0 Å². The predicted octanol–water partition coefficient (Wildman–Crippen LogP) is 0.187. The first-order chi connectivity index (χ1) is 8.24. The number of hydrogen-bond acceptors (Lipinski definition) is 5. The average Bonchev–Trinajstić information content (AvgIpc) is 2.79. The van der Waals surface area contributed by atoms with Crippen molar-refractivity contribution in [1.82, 2.24) is 4.31 Å². The molecule has 0 spiro atoms. The summed E-state index contributed by atoms with van der Waals surface area (Å²) in [6.07, 6.45) is 1.50. The monoisotopic (exact) mass is 279 g/mol. The Kier molecular flexibility index (Phi) is 3.72. The molecule has 106 valence electrons. The normalized spacial score (nSPS) is 37.2. The highest BCUT2D eigenvalue weighted by Crippen LogP contribution is 2.33. The highest BCUT2D eigenvalue weighted by Gasteiger charge is 2.49. The summed E-state index contributed by atoms with van der Waals surface area (Å²) in [5, 5.41) is 0. The van der Waals surface area contributed by atoms with Gasteiger partial charge in [0.15, 0.2) is 5.79 Å². The van der Waals surface area contributed by atoms with Crippen LogP contribution >= 0.6 is 0 Å². The third-order valence-corrected chi connectivity index (χ3v) is 4.77. The summed E-state index contributed by atoms with van der Waals surface area (Å²) in [6, 6.07) is -0.299. The van der Waals surface area contributed by atoms with E-state index in [1.807, 2.05) is 13.8 Å². The van der Waals surface area contributed by atoms with E-state index in [0.29, 0.717) is 19.6 Å². The molecule has 2 saturated heterocycles. The Bertz CT molecular complexity index is 408. The molecular formula is C11H21NO5S. The number of methoxy groups -OCH3 is 1. The molecule has 0 N–H and O–H groups in total. The van der Waals surface area contributed by atoms with Gasteiger partial charge >= 0.3 is 0 Å². The van der Waals surface area contributed by atoms with Gasteiger partial charge in [0.25, 0.3) is 0 Å². The van der Waals surface area contributed by atoms with Gasteiger partial charge in [0.2, 0.25) is 10.0 Å². The van der Waals surface area contributed by atoms with Crippen molar-refractivity contribution in [1.29, 1.82) is 0 Å². The van der Waals surface area contributed by atoms with E-state index < -0.39 is 15.8 Å². The molecule has 0 aliphatic carbocycles. The Labute approximate surface area is 108 Å². The first-order valence-corrected chi connectivity index (χ1v) is 7.91. The Morgan fingerprint density at radius 2 is 2.06 bits per heavy atom. The SMILES string of the molecule is CO[C@H]1CCN(S(C)(=O)=O)[C@@H]1[C@H]1COC(C)(C)O1. The molecule has 0 saturated carbocycles. The van der Waals surface area contributed by atoms with Crippen molar-refractivity contribution in [3.8, 4) is 0 Å². The van der Waals surface area contributed by atoms with Gasteiger partial charge in [-0.25, -0.2) is 8.42 Å². The summed E-state index contributed by atoms with van der Waals surface area (Å²) >= 11 is 0. The maximum Gasteiger partial charge on any atom is 0.211 e. The summed E-state index contributed by atoms with van der Waals surface area (Å²) in [7, 11) is -1.65. The summed E-state index contributed by atoms with van der Waals surface area (Å²) in [5.41, 5.74) is 0. The van der Waals surface area contributed by atoms with Crippen molar-refractivity contribution >= 4 is 10.0 Å². The molecule has 0 aromatic carbocycles. The molecule has 2 fully saturated rings. The fourth-order valence-corrected chi connectivity index (χ4v) is 3.86. The molecule has 18 heavy (non-hydrogen) atoms. The molecule has 3 atom stereocenters. The van der Waals surface area contributed by atoms with Gasteiger partial charge in [-0.15, -0.1) is 0 Å². The largest absolute Gasteiger partial charge is 0.380 e. The molecule has 0 unspecified atom stereocenters. The second-order valence-corrected chi connectivity index (χ2v) is 7.23. The Balaban J connectivity index is 2.21. The number of rotatable bonds is 3. The molecule has 0 radical (unpaired) electrons. The van der Waals surface area contributed by atoms with Crippen LogP contribution in [0.5, 0.6) is 0 Å². The van der Waals surface area contributed by atoms with Crippen LogP contribution in [0.4, 0.5) is 0 Å². The van der Waals surface area contributed by atoms with Gasteiger partial charge in [-0.2, -0.15) is 4.31 Å². The second kappa shape index (κ2) is 4.72. The zero-order chi connectivity index (χ0) is 13.6. The van der Waals surface area contributed by atoms with Crippen LogP contribution < -0.4 is 0 Å². The van der Waals surface area contributed by atoms with Gasteiger partial charge < -0.3 is 14.2 Å². The van der Waals surface area contributed by atoms with E-state index in [-0.39, 0.29) is 18.2 Å². The van der Waals surface area contributed by atoms with Gasteiger partial charge in [0.1, 0.15) is 6.10 Å². The van der Waals surface area contributed by atoms with Crippen LogP contribution in [0, 0.1) is 0 Å². The fourth-order valence-electron chi connectivity index (χ4n) is 2.71. The Morgan fingerprint density at radius 1 is 1.39 bits per heavy atom. The fraction of sp³-hybridized carbons (Fsp3) is 1.00. The van der Waals surface area contributed by atoms with E-state index in [2.05, 4.69) is 0 Å². The summed E-state index contributed by atoms with van der Waals surface area (Å²) < 4.78 is 41.8. The molecular weight excluding hydrogens is 258 g/mol. The second-order valence-electron chi connectivity index (χ2n) is 5.29. The molecule has 2 aliphatic heterocycles.